The summed E-state index contributed by atoms with van der Waals surface area (Å²) in [6.45, 7) is 1.13. The number of aliphatic hydroxyl groups is 2. The Labute approximate surface area is 133 Å². The van der Waals surface area contributed by atoms with Crippen LogP contribution in [0.15, 0.2) is 0 Å². The molecule has 0 aliphatic rings. The minimum absolute atomic E-state index is 0.0619. The minimum atomic E-state index is -0.803. The molecule has 0 unspecified atom stereocenters. The first-order valence-electron chi connectivity index (χ1n) is 6.47. The van der Waals surface area contributed by atoms with Crippen molar-refractivity contribution < 1.29 is 38.7 Å². The quantitative estimate of drug-likeness (QED) is 0.201. The molecule has 8 nitrogen and oxygen atoms in total. The van der Waals surface area contributed by atoms with Crippen molar-refractivity contribution in [3.63, 3.8) is 0 Å². The summed E-state index contributed by atoms with van der Waals surface area (Å²) in [5, 5.41) is 16.9. The van der Waals surface area contributed by atoms with E-state index in [9.17, 15) is 9.59 Å². The number of esters is 2. The number of ether oxygens (including phenoxy) is 4. The topological polar surface area (TPSA) is 112 Å². The van der Waals surface area contributed by atoms with Gasteiger partial charge in [-0.1, -0.05) is 0 Å². The van der Waals surface area contributed by atoms with E-state index in [0.29, 0.717) is 0 Å². The van der Waals surface area contributed by atoms with E-state index in [1.54, 1.807) is 0 Å². The number of aliphatic hydroxyl groups excluding tert-OH is 2. The molecule has 0 rings (SSSR count). The van der Waals surface area contributed by atoms with E-state index >= 15 is 0 Å². The Kier molecular flexibility index (Phi) is 15.6. The third kappa shape index (κ3) is 15.8. The second kappa shape index (κ2) is 15.9. The van der Waals surface area contributed by atoms with Crippen molar-refractivity contribution in [1.29, 1.82) is 0 Å². The number of carbonyl (C=O) groups is 2. The zero-order valence-electron chi connectivity index (χ0n) is 11.8. The molecule has 0 aromatic carbocycles. The summed E-state index contributed by atoms with van der Waals surface area (Å²) in [6.07, 6.45) is 0. The van der Waals surface area contributed by atoms with Gasteiger partial charge in [0, 0.05) is 0 Å². The fourth-order valence-electron chi connectivity index (χ4n) is 1.06. The fraction of sp³-hybridized carbons (Fsp3) is 0.833. The molecule has 0 aliphatic heterocycles. The van der Waals surface area contributed by atoms with Gasteiger partial charge in [-0.25, -0.2) is 0 Å². The van der Waals surface area contributed by atoms with Gasteiger partial charge in [-0.2, -0.15) is 0 Å². The van der Waals surface area contributed by atoms with Crippen LogP contribution in [0.5, 0.6) is 0 Å². The first-order chi connectivity index (χ1) is 10.2. The maximum absolute atomic E-state index is 11.3. The van der Waals surface area contributed by atoms with Gasteiger partial charge in [-0.15, -0.1) is 0 Å². The summed E-state index contributed by atoms with van der Waals surface area (Å²) in [5.41, 5.74) is 0. The molecule has 0 heterocycles. The number of carbonyl (C=O) groups excluding carboxylic acids is 2. The Balaban J connectivity index is 3.34. The van der Waals surface area contributed by atoms with E-state index in [1.807, 2.05) is 0 Å². The first kappa shape index (κ1) is 20.6. The van der Waals surface area contributed by atoms with Gasteiger partial charge in [0.2, 0.25) is 0 Å². The fourth-order valence-corrected chi connectivity index (χ4v) is 2.78. The van der Waals surface area contributed by atoms with Crippen molar-refractivity contribution in [2.75, 3.05) is 52.9 Å². The summed E-state index contributed by atoms with van der Waals surface area (Å²) in [7, 11) is 0. The molecule has 0 fully saturated rings. The number of hydrogen-bond acceptors (Lipinski definition) is 8. The van der Waals surface area contributed by atoms with Crippen LogP contribution < -0.4 is 0 Å². The zero-order valence-corrected chi connectivity index (χ0v) is 14.2. The Bertz CT molecular complexity index is 248. The second-order valence-electron chi connectivity index (χ2n) is 3.61. The molecule has 0 atom stereocenters. The van der Waals surface area contributed by atoms with Crippen molar-refractivity contribution in [2.24, 2.45) is 0 Å². The van der Waals surface area contributed by atoms with Crippen molar-refractivity contribution in [3.8, 4) is 0 Å². The molecule has 2 N–H and O–H groups in total. The molecule has 124 valence electrons. The molecular formula is C12H22O8Te. The van der Waals surface area contributed by atoms with Gasteiger partial charge >= 0.3 is 133 Å². The third-order valence-electron chi connectivity index (χ3n) is 1.89. The van der Waals surface area contributed by atoms with Crippen LogP contribution in [0.1, 0.15) is 0 Å². The summed E-state index contributed by atoms with van der Waals surface area (Å²) in [5.74, 6) is -0.687. The van der Waals surface area contributed by atoms with Crippen LogP contribution in [0.3, 0.4) is 0 Å². The Morgan fingerprint density at radius 3 is 1.52 bits per heavy atom. The van der Waals surface area contributed by atoms with Gasteiger partial charge in [0.25, 0.3) is 0 Å². The van der Waals surface area contributed by atoms with Crippen LogP contribution in [0.2, 0.25) is 8.94 Å². The van der Waals surface area contributed by atoms with Crippen molar-refractivity contribution in [2.45, 2.75) is 8.94 Å². The van der Waals surface area contributed by atoms with Gasteiger partial charge in [-0.3, -0.25) is 0 Å². The average molecular weight is 422 g/mol. The van der Waals surface area contributed by atoms with E-state index < -0.39 is 20.9 Å². The molecule has 0 saturated heterocycles. The zero-order chi connectivity index (χ0) is 15.8. The Morgan fingerprint density at radius 1 is 0.714 bits per heavy atom. The molecular weight excluding hydrogens is 400 g/mol. The molecule has 9 heteroatoms. The van der Waals surface area contributed by atoms with Gasteiger partial charge in [-0.05, 0) is 0 Å². The van der Waals surface area contributed by atoms with Gasteiger partial charge < -0.3 is 0 Å². The average Bonchev–Trinajstić information content (AvgIpc) is 2.47. The summed E-state index contributed by atoms with van der Waals surface area (Å²) >= 11 is -0.803. The number of hydrogen-bond donors (Lipinski definition) is 2. The normalized spacial score (nSPS) is 10.4. The Hall–Kier alpha value is -0.430. The van der Waals surface area contributed by atoms with Crippen LogP contribution in [0, 0.1) is 0 Å². The molecule has 0 radical (unpaired) electrons. The molecule has 0 spiro atoms. The predicted octanol–water partition coefficient (Wildman–Crippen LogP) is -1.37. The third-order valence-corrected chi connectivity index (χ3v) is 4.40. The van der Waals surface area contributed by atoms with Crippen LogP contribution >= 0.6 is 0 Å². The van der Waals surface area contributed by atoms with E-state index in [1.165, 1.54) is 0 Å². The molecule has 0 aromatic heterocycles. The first-order valence-corrected chi connectivity index (χ1v) is 9.76. The summed E-state index contributed by atoms with van der Waals surface area (Å²) in [6, 6.07) is 0. The van der Waals surface area contributed by atoms with Crippen LogP contribution in [-0.2, 0) is 28.5 Å². The second-order valence-corrected chi connectivity index (χ2v) is 6.42. The standard InChI is InChI=1S/C12H22O8Te/c13-1-3-17-5-7-19-11(15)9-21-10-12(16)20-8-6-18-4-2-14/h13-14H,1-10H2. The van der Waals surface area contributed by atoms with Crippen LogP contribution in [-0.4, -0.2) is 95.9 Å². The van der Waals surface area contributed by atoms with Crippen LogP contribution in [0.25, 0.3) is 0 Å². The molecule has 0 aliphatic carbocycles. The molecule has 0 bridgehead atoms. The summed E-state index contributed by atoms with van der Waals surface area (Å²) in [4.78, 5) is 22.6. The van der Waals surface area contributed by atoms with Crippen molar-refractivity contribution >= 4 is 32.9 Å². The monoisotopic (exact) mass is 424 g/mol. The van der Waals surface area contributed by atoms with E-state index in [-0.39, 0.29) is 73.7 Å². The van der Waals surface area contributed by atoms with E-state index in [0.717, 1.165) is 0 Å². The predicted molar refractivity (Wildman–Crippen MR) is 73.1 cm³/mol. The van der Waals surface area contributed by atoms with Gasteiger partial charge in [0.1, 0.15) is 0 Å². The van der Waals surface area contributed by atoms with Gasteiger partial charge in [0.05, 0.1) is 0 Å². The van der Waals surface area contributed by atoms with Crippen LogP contribution in [0.4, 0.5) is 0 Å². The molecule has 0 aromatic rings. The molecule has 0 amide bonds. The molecule has 0 saturated carbocycles. The van der Waals surface area contributed by atoms with Crippen molar-refractivity contribution in [3.05, 3.63) is 0 Å². The molecule has 21 heavy (non-hydrogen) atoms. The van der Waals surface area contributed by atoms with E-state index in [2.05, 4.69) is 0 Å². The SMILES string of the molecule is O=C(C[Te]CC(=O)OCCOCCO)OCCOCCO. The number of rotatable bonds is 14. The van der Waals surface area contributed by atoms with Gasteiger partial charge in [0.15, 0.2) is 0 Å². The van der Waals surface area contributed by atoms with E-state index in [4.69, 9.17) is 29.2 Å². The summed E-state index contributed by atoms with van der Waals surface area (Å²) < 4.78 is 20.2. The maximum atomic E-state index is 11.3. The Morgan fingerprint density at radius 2 is 1.14 bits per heavy atom. The van der Waals surface area contributed by atoms with Crippen molar-refractivity contribution in [1.82, 2.24) is 0 Å².